The summed E-state index contributed by atoms with van der Waals surface area (Å²) < 4.78 is 52.9. The molecule has 3 unspecified atom stereocenters. The highest BCUT2D eigenvalue weighted by Crippen LogP contribution is 2.34. The standard InChI is InChI=1S/C16H17F3O2S/c17-16(18,19)21-13-4-1-3-11(8-13)7-12-9-14-5-2-6-15(10-12)22(14)20/h1,3-4,8-9,14-15H,2,5-7,10H2. The smallest absolute Gasteiger partial charge is 0.406 e. The molecule has 2 nitrogen and oxygen atoms in total. The van der Waals surface area contributed by atoms with Gasteiger partial charge in [-0.05, 0) is 43.4 Å². The molecule has 0 saturated carbocycles. The van der Waals surface area contributed by atoms with E-state index in [4.69, 9.17) is 0 Å². The Morgan fingerprint density at radius 2 is 2.09 bits per heavy atom. The van der Waals surface area contributed by atoms with Gasteiger partial charge in [0.05, 0.1) is 5.25 Å². The Labute approximate surface area is 129 Å². The third kappa shape index (κ3) is 3.72. The molecule has 0 spiro atoms. The lowest BCUT2D eigenvalue weighted by molar-refractivity contribution is -0.274. The zero-order valence-electron chi connectivity index (χ0n) is 11.9. The molecule has 1 saturated heterocycles. The quantitative estimate of drug-likeness (QED) is 0.779. The molecule has 0 aliphatic carbocycles. The van der Waals surface area contributed by atoms with Gasteiger partial charge in [-0.3, -0.25) is 4.21 Å². The molecule has 0 N–H and O–H groups in total. The van der Waals surface area contributed by atoms with Gasteiger partial charge in [0.15, 0.2) is 0 Å². The first-order valence-corrected chi connectivity index (χ1v) is 8.62. The van der Waals surface area contributed by atoms with Crippen molar-refractivity contribution < 1.29 is 22.1 Å². The van der Waals surface area contributed by atoms with E-state index in [0.29, 0.717) is 6.42 Å². The van der Waals surface area contributed by atoms with Gasteiger partial charge in [0, 0.05) is 16.0 Å². The monoisotopic (exact) mass is 330 g/mol. The summed E-state index contributed by atoms with van der Waals surface area (Å²) in [7, 11) is -0.782. The largest absolute Gasteiger partial charge is 0.573 e. The summed E-state index contributed by atoms with van der Waals surface area (Å²) in [5.41, 5.74) is 1.97. The van der Waals surface area contributed by atoms with Crippen molar-refractivity contribution in [2.45, 2.75) is 49.0 Å². The van der Waals surface area contributed by atoms with Crippen molar-refractivity contribution in [3.63, 3.8) is 0 Å². The fourth-order valence-corrected chi connectivity index (χ4v) is 5.23. The number of benzene rings is 1. The van der Waals surface area contributed by atoms with Crippen molar-refractivity contribution >= 4 is 10.8 Å². The molecule has 0 aromatic heterocycles. The van der Waals surface area contributed by atoms with Crippen molar-refractivity contribution in [1.29, 1.82) is 0 Å². The second-order valence-corrected chi connectivity index (χ2v) is 7.75. The van der Waals surface area contributed by atoms with Crippen LogP contribution < -0.4 is 4.74 Å². The maximum absolute atomic E-state index is 12.3. The molecule has 2 aliphatic rings. The molecule has 0 amide bonds. The molecule has 3 rings (SSSR count). The number of allylic oxidation sites excluding steroid dienone is 1. The van der Waals surface area contributed by atoms with E-state index in [9.17, 15) is 17.4 Å². The SMILES string of the molecule is O=S1C2C=C(Cc3cccc(OC(F)(F)F)c3)CC1CCC2. The summed E-state index contributed by atoms with van der Waals surface area (Å²) in [5, 5.41) is 0.338. The van der Waals surface area contributed by atoms with Crippen molar-refractivity contribution in [2.24, 2.45) is 0 Å². The number of hydrogen-bond acceptors (Lipinski definition) is 2. The van der Waals surface area contributed by atoms with E-state index < -0.39 is 17.2 Å². The minimum Gasteiger partial charge on any atom is -0.406 e. The predicted octanol–water partition coefficient (Wildman–Crippen LogP) is 4.13. The van der Waals surface area contributed by atoms with Crippen LogP contribution in [0.5, 0.6) is 5.75 Å². The highest BCUT2D eigenvalue weighted by Gasteiger charge is 2.33. The van der Waals surface area contributed by atoms with Gasteiger partial charge in [-0.1, -0.05) is 30.2 Å². The molecule has 6 heteroatoms. The van der Waals surface area contributed by atoms with Crippen LogP contribution in [0.4, 0.5) is 13.2 Å². The van der Waals surface area contributed by atoms with E-state index >= 15 is 0 Å². The van der Waals surface area contributed by atoms with Gasteiger partial charge in [-0.2, -0.15) is 0 Å². The van der Waals surface area contributed by atoms with E-state index in [1.165, 1.54) is 17.7 Å². The summed E-state index contributed by atoms with van der Waals surface area (Å²) in [4.78, 5) is 0. The number of halogens is 3. The topological polar surface area (TPSA) is 26.3 Å². The second kappa shape index (κ2) is 6.07. The summed E-state index contributed by atoms with van der Waals surface area (Å²) in [5.74, 6) is -0.190. The first-order chi connectivity index (χ1) is 10.4. The molecule has 120 valence electrons. The van der Waals surface area contributed by atoms with Gasteiger partial charge in [-0.15, -0.1) is 13.2 Å². The lowest BCUT2D eigenvalue weighted by Crippen LogP contribution is -2.34. The number of rotatable bonds is 3. The number of fused-ring (bicyclic) bond motifs is 2. The number of ether oxygens (including phenoxy) is 1. The van der Waals surface area contributed by atoms with Crippen LogP contribution in [0.1, 0.15) is 31.2 Å². The predicted molar refractivity (Wildman–Crippen MR) is 79.1 cm³/mol. The molecular weight excluding hydrogens is 313 g/mol. The maximum atomic E-state index is 12.3. The average molecular weight is 330 g/mol. The van der Waals surface area contributed by atoms with Crippen LogP contribution in [-0.2, 0) is 17.2 Å². The molecule has 0 radical (unpaired) electrons. The van der Waals surface area contributed by atoms with Crippen LogP contribution in [0, 0.1) is 0 Å². The normalized spacial score (nSPS) is 28.1. The first kappa shape index (κ1) is 15.6. The average Bonchev–Trinajstić information content (AvgIpc) is 2.38. The summed E-state index contributed by atoms with van der Waals surface area (Å²) in [6.07, 6.45) is 1.83. The molecular formula is C16H17F3O2S. The molecule has 2 heterocycles. The van der Waals surface area contributed by atoms with Crippen molar-refractivity contribution in [3.05, 3.63) is 41.5 Å². The fraction of sp³-hybridized carbons (Fsp3) is 0.500. The van der Waals surface area contributed by atoms with Gasteiger partial charge < -0.3 is 4.74 Å². The van der Waals surface area contributed by atoms with E-state index in [1.807, 2.05) is 0 Å². The zero-order chi connectivity index (χ0) is 15.7. The molecule has 1 aromatic rings. The minimum atomic E-state index is -4.67. The van der Waals surface area contributed by atoms with E-state index in [0.717, 1.165) is 31.2 Å². The van der Waals surface area contributed by atoms with Crippen LogP contribution in [-0.4, -0.2) is 21.1 Å². The lowest BCUT2D eigenvalue weighted by Gasteiger charge is -2.32. The molecule has 2 aliphatic heterocycles. The summed E-state index contributed by atoms with van der Waals surface area (Å²) in [6.45, 7) is 0. The van der Waals surface area contributed by atoms with Crippen LogP contribution in [0.2, 0.25) is 0 Å². The van der Waals surface area contributed by atoms with Crippen LogP contribution in [0.3, 0.4) is 0 Å². The highest BCUT2D eigenvalue weighted by atomic mass is 32.2. The van der Waals surface area contributed by atoms with Gasteiger partial charge >= 0.3 is 6.36 Å². The Kier molecular flexibility index (Phi) is 4.30. The number of alkyl halides is 3. The van der Waals surface area contributed by atoms with Gasteiger partial charge in [0.25, 0.3) is 0 Å². The second-order valence-electron chi connectivity index (χ2n) is 5.82. The molecule has 1 aromatic carbocycles. The maximum Gasteiger partial charge on any atom is 0.573 e. The van der Waals surface area contributed by atoms with Crippen LogP contribution >= 0.6 is 0 Å². The zero-order valence-corrected chi connectivity index (χ0v) is 12.8. The molecule has 2 bridgehead atoms. The van der Waals surface area contributed by atoms with Crippen molar-refractivity contribution in [2.75, 3.05) is 0 Å². The van der Waals surface area contributed by atoms with E-state index in [2.05, 4.69) is 10.8 Å². The Morgan fingerprint density at radius 1 is 1.27 bits per heavy atom. The molecule has 1 fully saturated rings. The fourth-order valence-electron chi connectivity index (χ4n) is 3.23. The van der Waals surface area contributed by atoms with Gasteiger partial charge in [0.2, 0.25) is 0 Å². The van der Waals surface area contributed by atoms with Crippen molar-refractivity contribution in [1.82, 2.24) is 0 Å². The Morgan fingerprint density at radius 3 is 2.82 bits per heavy atom. The summed E-state index contributed by atoms with van der Waals surface area (Å²) >= 11 is 0. The summed E-state index contributed by atoms with van der Waals surface area (Å²) in [6, 6.07) is 6.09. The molecule has 3 atom stereocenters. The Balaban J connectivity index is 1.73. The molecule has 22 heavy (non-hydrogen) atoms. The number of hydrogen-bond donors (Lipinski definition) is 0. The van der Waals surface area contributed by atoms with Gasteiger partial charge in [-0.25, -0.2) is 0 Å². The highest BCUT2D eigenvalue weighted by molar-refractivity contribution is 7.86. The van der Waals surface area contributed by atoms with Crippen LogP contribution in [0.25, 0.3) is 0 Å². The van der Waals surface area contributed by atoms with Gasteiger partial charge in [0.1, 0.15) is 5.75 Å². The Bertz CT molecular complexity index is 610. The third-order valence-electron chi connectivity index (χ3n) is 4.12. The van der Waals surface area contributed by atoms with E-state index in [-0.39, 0.29) is 16.2 Å². The first-order valence-electron chi connectivity index (χ1n) is 7.34. The third-order valence-corrected chi connectivity index (χ3v) is 6.14. The van der Waals surface area contributed by atoms with Crippen molar-refractivity contribution in [3.8, 4) is 5.75 Å². The minimum absolute atomic E-state index is 0.122. The Hall–Kier alpha value is -1.30. The van der Waals surface area contributed by atoms with E-state index in [1.54, 1.807) is 12.1 Å². The van der Waals surface area contributed by atoms with Crippen LogP contribution in [0.15, 0.2) is 35.9 Å². The lowest BCUT2D eigenvalue weighted by atomic mass is 9.94.